The van der Waals surface area contributed by atoms with Crippen molar-refractivity contribution in [3.8, 4) is 11.4 Å². The smallest absolute Gasteiger partial charge is 0.333 e. The third-order valence-electron chi connectivity index (χ3n) is 2.63. The topological polar surface area (TPSA) is 108 Å². The number of nitrogens with one attached hydrogen (secondary N) is 3. The molecule has 1 aromatic carbocycles. The van der Waals surface area contributed by atoms with Crippen molar-refractivity contribution >= 4 is 11.9 Å². The number of aromatic hydroxyl groups is 1. The summed E-state index contributed by atoms with van der Waals surface area (Å²) in [6, 6.07) is 8.39. The lowest BCUT2D eigenvalue weighted by molar-refractivity contribution is 0.0928. The Hall–Kier alpha value is -3.29. The van der Waals surface area contributed by atoms with Gasteiger partial charge >= 0.3 is 6.03 Å². The summed E-state index contributed by atoms with van der Waals surface area (Å²) in [6.45, 7) is 3.70. The first-order chi connectivity index (χ1) is 10.6. The first-order valence-electron chi connectivity index (χ1n) is 6.41. The van der Waals surface area contributed by atoms with Crippen LogP contribution in [0.2, 0.25) is 0 Å². The van der Waals surface area contributed by atoms with Gasteiger partial charge in [-0.3, -0.25) is 10.2 Å². The molecule has 2 aromatic rings. The summed E-state index contributed by atoms with van der Waals surface area (Å²) in [5.74, 6) is -1.03. The van der Waals surface area contributed by atoms with Crippen molar-refractivity contribution in [3.63, 3.8) is 0 Å². The standard InChI is InChI=1S/C14H15N5O3/c1-2-8-15-14(22)17-16-13(21)12-11(20)9-19(18-12)10-6-4-3-5-7-10/h2-7,9,20H,1,8H2,(H,16,21)(H2,15,17,22). The molecule has 0 radical (unpaired) electrons. The zero-order chi connectivity index (χ0) is 15.9. The molecule has 0 saturated carbocycles. The molecule has 2 rings (SSSR count). The van der Waals surface area contributed by atoms with Gasteiger partial charge in [0.2, 0.25) is 0 Å². The second-order valence-electron chi connectivity index (χ2n) is 4.22. The van der Waals surface area contributed by atoms with Crippen LogP contribution in [0.4, 0.5) is 4.79 Å². The number of hydrogen-bond acceptors (Lipinski definition) is 4. The molecule has 0 atom stereocenters. The van der Waals surface area contributed by atoms with Gasteiger partial charge < -0.3 is 10.4 Å². The highest BCUT2D eigenvalue weighted by atomic mass is 16.3. The lowest BCUT2D eigenvalue weighted by atomic mass is 10.3. The molecule has 0 bridgehead atoms. The highest BCUT2D eigenvalue weighted by Gasteiger charge is 2.17. The average molecular weight is 301 g/mol. The molecule has 0 unspecified atom stereocenters. The van der Waals surface area contributed by atoms with E-state index in [1.807, 2.05) is 6.07 Å². The third-order valence-corrected chi connectivity index (χ3v) is 2.63. The molecule has 0 aliphatic heterocycles. The lowest BCUT2D eigenvalue weighted by Gasteiger charge is -2.06. The Morgan fingerprint density at radius 2 is 2.00 bits per heavy atom. The molecular formula is C14H15N5O3. The number of aromatic nitrogens is 2. The van der Waals surface area contributed by atoms with Crippen molar-refractivity contribution < 1.29 is 14.7 Å². The monoisotopic (exact) mass is 301 g/mol. The SMILES string of the molecule is C=CCNC(=O)NNC(=O)c1nn(-c2ccccc2)cc1O. The molecule has 1 aromatic heterocycles. The van der Waals surface area contributed by atoms with E-state index in [2.05, 4.69) is 27.8 Å². The normalized spacial score (nSPS) is 9.82. The van der Waals surface area contributed by atoms with E-state index in [0.717, 1.165) is 0 Å². The van der Waals surface area contributed by atoms with Gasteiger partial charge in [-0.25, -0.2) is 14.9 Å². The number of rotatable bonds is 4. The van der Waals surface area contributed by atoms with E-state index in [4.69, 9.17) is 0 Å². The van der Waals surface area contributed by atoms with E-state index >= 15 is 0 Å². The minimum Gasteiger partial charge on any atom is -0.504 e. The van der Waals surface area contributed by atoms with Crippen molar-refractivity contribution in [2.45, 2.75) is 0 Å². The second-order valence-corrected chi connectivity index (χ2v) is 4.22. The Balaban J connectivity index is 2.03. The van der Waals surface area contributed by atoms with E-state index in [1.54, 1.807) is 24.3 Å². The fraction of sp³-hybridized carbons (Fsp3) is 0.0714. The first-order valence-corrected chi connectivity index (χ1v) is 6.41. The van der Waals surface area contributed by atoms with Gasteiger partial charge in [0, 0.05) is 6.54 Å². The van der Waals surface area contributed by atoms with Gasteiger partial charge in [0.15, 0.2) is 11.4 Å². The van der Waals surface area contributed by atoms with Crippen molar-refractivity contribution in [2.24, 2.45) is 0 Å². The molecule has 8 nitrogen and oxygen atoms in total. The molecule has 114 valence electrons. The van der Waals surface area contributed by atoms with Gasteiger partial charge in [-0.1, -0.05) is 24.3 Å². The highest BCUT2D eigenvalue weighted by Crippen LogP contribution is 2.17. The van der Waals surface area contributed by atoms with Crippen LogP contribution in [0.3, 0.4) is 0 Å². The Morgan fingerprint density at radius 1 is 1.27 bits per heavy atom. The third kappa shape index (κ3) is 3.63. The maximum Gasteiger partial charge on any atom is 0.333 e. The van der Waals surface area contributed by atoms with Crippen LogP contribution in [-0.2, 0) is 0 Å². The van der Waals surface area contributed by atoms with Crippen molar-refractivity contribution in [1.29, 1.82) is 0 Å². The largest absolute Gasteiger partial charge is 0.504 e. The summed E-state index contributed by atoms with van der Waals surface area (Å²) in [5, 5.41) is 16.2. The molecule has 0 aliphatic carbocycles. The molecular weight excluding hydrogens is 286 g/mol. The van der Waals surface area contributed by atoms with Crippen LogP contribution in [0.1, 0.15) is 10.5 Å². The number of benzene rings is 1. The summed E-state index contributed by atoms with van der Waals surface area (Å²) >= 11 is 0. The van der Waals surface area contributed by atoms with Gasteiger partial charge in [-0.2, -0.15) is 5.10 Å². The molecule has 0 spiro atoms. The molecule has 4 N–H and O–H groups in total. The number of nitrogens with zero attached hydrogens (tertiary/aromatic N) is 2. The quantitative estimate of drug-likeness (QED) is 0.492. The molecule has 8 heteroatoms. The summed E-state index contributed by atoms with van der Waals surface area (Å²) in [6.07, 6.45) is 2.80. The lowest BCUT2D eigenvalue weighted by Crippen LogP contribution is -2.47. The van der Waals surface area contributed by atoms with E-state index in [-0.39, 0.29) is 18.0 Å². The van der Waals surface area contributed by atoms with Crippen molar-refractivity contribution in [3.05, 3.63) is 54.9 Å². The van der Waals surface area contributed by atoms with Crippen molar-refractivity contribution in [1.82, 2.24) is 25.9 Å². The van der Waals surface area contributed by atoms with Crippen LogP contribution in [0.5, 0.6) is 5.75 Å². The summed E-state index contributed by atoms with van der Waals surface area (Å²) in [4.78, 5) is 23.2. The Labute approximate surface area is 126 Å². The minimum absolute atomic E-state index is 0.201. The summed E-state index contributed by atoms with van der Waals surface area (Å²) in [5.41, 5.74) is 4.76. The Bertz CT molecular complexity index is 681. The minimum atomic E-state index is -0.735. The Morgan fingerprint density at radius 3 is 2.68 bits per heavy atom. The van der Waals surface area contributed by atoms with Gasteiger partial charge in [-0.15, -0.1) is 6.58 Å². The summed E-state index contributed by atoms with van der Waals surface area (Å²) < 4.78 is 1.36. The molecule has 0 fully saturated rings. The van der Waals surface area contributed by atoms with Gasteiger partial charge in [0.25, 0.3) is 5.91 Å². The number of urea groups is 1. The average Bonchev–Trinajstić information content (AvgIpc) is 2.93. The van der Waals surface area contributed by atoms with Crippen LogP contribution < -0.4 is 16.2 Å². The number of para-hydroxylation sites is 1. The van der Waals surface area contributed by atoms with E-state index in [0.29, 0.717) is 5.69 Å². The fourth-order valence-electron chi connectivity index (χ4n) is 1.62. The zero-order valence-electron chi connectivity index (χ0n) is 11.6. The number of hydrazine groups is 1. The van der Waals surface area contributed by atoms with E-state index in [9.17, 15) is 14.7 Å². The highest BCUT2D eigenvalue weighted by molar-refractivity contribution is 5.95. The van der Waals surface area contributed by atoms with E-state index in [1.165, 1.54) is 17.0 Å². The van der Waals surface area contributed by atoms with Gasteiger partial charge in [0.1, 0.15) is 0 Å². The number of carbonyl (C=O) groups excluding carboxylic acids is 2. The number of hydrogen-bond donors (Lipinski definition) is 4. The van der Waals surface area contributed by atoms with Gasteiger partial charge in [0.05, 0.1) is 11.9 Å². The fourth-order valence-corrected chi connectivity index (χ4v) is 1.62. The van der Waals surface area contributed by atoms with Crippen LogP contribution in [0.15, 0.2) is 49.2 Å². The van der Waals surface area contributed by atoms with Crippen LogP contribution in [-0.4, -0.2) is 33.4 Å². The Kier molecular flexibility index (Phi) is 4.76. The molecule has 1 heterocycles. The number of carbonyl (C=O) groups is 2. The second kappa shape index (κ2) is 6.93. The van der Waals surface area contributed by atoms with Crippen LogP contribution in [0.25, 0.3) is 5.69 Å². The zero-order valence-corrected chi connectivity index (χ0v) is 11.6. The summed E-state index contributed by atoms with van der Waals surface area (Å²) in [7, 11) is 0. The molecule has 0 aliphatic rings. The van der Waals surface area contributed by atoms with Crippen molar-refractivity contribution in [2.75, 3.05) is 6.54 Å². The maximum absolute atomic E-state index is 11.9. The molecule has 22 heavy (non-hydrogen) atoms. The van der Waals surface area contributed by atoms with E-state index < -0.39 is 11.9 Å². The predicted molar refractivity (Wildman–Crippen MR) is 79.4 cm³/mol. The molecule has 0 saturated heterocycles. The molecule has 3 amide bonds. The predicted octanol–water partition coefficient (Wildman–Crippen LogP) is 0.708. The number of amides is 3. The van der Waals surface area contributed by atoms with Gasteiger partial charge in [-0.05, 0) is 12.1 Å². The van der Waals surface area contributed by atoms with Crippen LogP contribution in [0, 0.1) is 0 Å². The maximum atomic E-state index is 11.9. The first kappa shape index (κ1) is 15.1. The van der Waals surface area contributed by atoms with Crippen LogP contribution >= 0.6 is 0 Å².